The van der Waals surface area contributed by atoms with Crippen LogP contribution in [-0.4, -0.2) is 25.0 Å². The van der Waals surface area contributed by atoms with Gasteiger partial charge in [-0.25, -0.2) is 4.39 Å². The van der Waals surface area contributed by atoms with E-state index < -0.39 is 11.7 Å². The largest absolute Gasteiger partial charge is 0.484 e. The summed E-state index contributed by atoms with van der Waals surface area (Å²) < 4.78 is 18.7. The zero-order valence-electron chi connectivity index (χ0n) is 20.4. The molecule has 10 heteroatoms. The Kier molecular flexibility index (Phi) is 10.4. The molecule has 0 fully saturated rings. The average molecular weight is 528 g/mol. The van der Waals surface area contributed by atoms with E-state index in [1.165, 1.54) is 12.1 Å². The molecular weight excluding hydrogens is 497 g/mol. The summed E-state index contributed by atoms with van der Waals surface area (Å²) in [6.07, 6.45) is 7.87. The molecule has 2 aromatic rings. The molecule has 0 saturated carbocycles. The van der Waals surface area contributed by atoms with Gasteiger partial charge in [0.15, 0.2) is 6.61 Å². The number of allylic oxidation sites excluding steroid dienone is 3. The summed E-state index contributed by atoms with van der Waals surface area (Å²) in [6, 6.07) is 11.0. The minimum Gasteiger partial charge on any atom is -0.484 e. The van der Waals surface area contributed by atoms with Crippen molar-refractivity contribution in [2.24, 2.45) is 5.73 Å². The third kappa shape index (κ3) is 9.20. The van der Waals surface area contributed by atoms with E-state index in [9.17, 15) is 14.0 Å². The number of hydrogen-bond donors (Lipinski definition) is 5. The standard InChI is InChI=1S/C27H31ClFN5O3/c1-18(14-15-31-26(35)17-37-21-12-13-23(28)24(29)16-21)32-27(36)22-8-4-5-9-25(22)34-33-20-7-3-2-6-19(30)10-11-20/h4-6,8-9,11-13,16,33-34H,1-3,7,10,14-15,17,30H2,(H,31,35)(H,32,36)/b19-6-,20-11+. The van der Waals surface area contributed by atoms with Crippen LogP contribution < -0.4 is 32.0 Å². The van der Waals surface area contributed by atoms with Crippen molar-refractivity contribution in [3.63, 3.8) is 0 Å². The summed E-state index contributed by atoms with van der Waals surface area (Å²) in [7, 11) is 0. The average Bonchev–Trinajstić information content (AvgIpc) is 2.87. The van der Waals surface area contributed by atoms with Crippen molar-refractivity contribution >= 4 is 29.1 Å². The Balaban J connectivity index is 1.43. The number of hydrazine groups is 1. The van der Waals surface area contributed by atoms with E-state index >= 15 is 0 Å². The van der Waals surface area contributed by atoms with Gasteiger partial charge in [0.2, 0.25) is 0 Å². The van der Waals surface area contributed by atoms with Gasteiger partial charge in [0.05, 0.1) is 16.3 Å². The first-order chi connectivity index (χ1) is 17.8. The minimum absolute atomic E-state index is 0.0253. The number of para-hydroxylation sites is 1. The maximum Gasteiger partial charge on any atom is 0.257 e. The van der Waals surface area contributed by atoms with E-state index in [2.05, 4.69) is 34.1 Å². The molecule has 0 aliphatic heterocycles. The van der Waals surface area contributed by atoms with Crippen LogP contribution in [0.5, 0.6) is 5.75 Å². The molecule has 0 radical (unpaired) electrons. The Hall–Kier alpha value is -3.98. The fraction of sp³-hybridized carbons (Fsp3) is 0.259. The normalized spacial score (nSPS) is 16.1. The predicted molar refractivity (Wildman–Crippen MR) is 143 cm³/mol. The Morgan fingerprint density at radius 1 is 1.14 bits per heavy atom. The topological polar surface area (TPSA) is 118 Å². The summed E-state index contributed by atoms with van der Waals surface area (Å²) >= 11 is 5.63. The number of nitrogens with two attached hydrogens (primary N) is 1. The Labute approximate surface area is 220 Å². The number of carbonyl (C=O) groups excluding carboxylic acids is 2. The zero-order chi connectivity index (χ0) is 26.6. The van der Waals surface area contributed by atoms with E-state index in [4.69, 9.17) is 22.1 Å². The highest BCUT2D eigenvalue weighted by atomic mass is 35.5. The lowest BCUT2D eigenvalue weighted by atomic mass is 10.1. The highest BCUT2D eigenvalue weighted by Crippen LogP contribution is 2.20. The number of amides is 2. The minimum atomic E-state index is -0.626. The zero-order valence-corrected chi connectivity index (χ0v) is 21.2. The molecule has 3 rings (SSSR count). The molecule has 2 aromatic carbocycles. The number of benzene rings is 2. The second kappa shape index (κ2) is 13.9. The van der Waals surface area contributed by atoms with Gasteiger partial charge in [0.1, 0.15) is 11.6 Å². The quantitative estimate of drug-likeness (QED) is 0.274. The molecule has 0 aromatic heterocycles. The molecule has 0 heterocycles. The molecule has 6 N–H and O–H groups in total. The third-order valence-corrected chi connectivity index (χ3v) is 5.78. The van der Waals surface area contributed by atoms with Crippen molar-refractivity contribution in [2.75, 3.05) is 18.6 Å². The first-order valence-electron chi connectivity index (χ1n) is 11.9. The van der Waals surface area contributed by atoms with Gasteiger partial charge in [-0.3, -0.25) is 9.59 Å². The smallest absolute Gasteiger partial charge is 0.257 e. The van der Waals surface area contributed by atoms with Gasteiger partial charge in [0.25, 0.3) is 11.8 Å². The van der Waals surface area contributed by atoms with Crippen LogP contribution in [0.25, 0.3) is 0 Å². The molecule has 1 aliphatic carbocycles. The second-order valence-electron chi connectivity index (χ2n) is 8.42. The molecule has 196 valence electrons. The van der Waals surface area contributed by atoms with E-state index in [0.717, 1.165) is 36.7 Å². The highest BCUT2D eigenvalue weighted by molar-refractivity contribution is 6.30. The lowest BCUT2D eigenvalue weighted by Gasteiger charge is -2.17. The van der Waals surface area contributed by atoms with Crippen LogP contribution in [-0.2, 0) is 4.79 Å². The van der Waals surface area contributed by atoms with E-state index in [1.807, 2.05) is 12.1 Å². The summed E-state index contributed by atoms with van der Waals surface area (Å²) in [5.41, 5.74) is 15.6. The maximum absolute atomic E-state index is 13.4. The fourth-order valence-electron chi connectivity index (χ4n) is 3.47. The van der Waals surface area contributed by atoms with E-state index in [0.29, 0.717) is 29.8 Å². The molecule has 0 unspecified atom stereocenters. The lowest BCUT2D eigenvalue weighted by molar-refractivity contribution is -0.123. The summed E-state index contributed by atoms with van der Waals surface area (Å²) in [4.78, 5) is 24.8. The van der Waals surface area contributed by atoms with Gasteiger partial charge in [0, 0.05) is 42.5 Å². The Morgan fingerprint density at radius 3 is 2.76 bits per heavy atom. The first kappa shape index (κ1) is 27.6. The lowest BCUT2D eigenvalue weighted by Crippen LogP contribution is -2.32. The molecule has 0 bridgehead atoms. The fourth-order valence-corrected chi connectivity index (χ4v) is 3.58. The predicted octanol–water partition coefficient (Wildman–Crippen LogP) is 4.52. The molecule has 0 atom stereocenters. The van der Waals surface area contributed by atoms with Crippen molar-refractivity contribution < 1.29 is 18.7 Å². The van der Waals surface area contributed by atoms with Crippen molar-refractivity contribution in [1.29, 1.82) is 0 Å². The number of halogens is 2. The number of anilines is 1. The summed E-state index contributed by atoms with van der Waals surface area (Å²) in [6.45, 7) is 3.83. The Morgan fingerprint density at radius 2 is 1.95 bits per heavy atom. The van der Waals surface area contributed by atoms with E-state index in [-0.39, 0.29) is 29.8 Å². The molecule has 1 aliphatic rings. The van der Waals surface area contributed by atoms with Crippen LogP contribution in [0, 0.1) is 5.82 Å². The van der Waals surface area contributed by atoms with Gasteiger partial charge in [-0.15, -0.1) is 0 Å². The monoisotopic (exact) mass is 527 g/mol. The number of carbonyl (C=O) groups is 2. The van der Waals surface area contributed by atoms with Gasteiger partial charge in [-0.1, -0.05) is 42.5 Å². The number of rotatable bonds is 11. The van der Waals surface area contributed by atoms with E-state index in [1.54, 1.807) is 18.2 Å². The highest BCUT2D eigenvalue weighted by Gasteiger charge is 2.13. The summed E-state index contributed by atoms with van der Waals surface area (Å²) in [5, 5.41) is 5.41. The molecule has 2 amide bonds. The van der Waals surface area contributed by atoms with Crippen molar-refractivity contribution in [1.82, 2.24) is 16.1 Å². The second-order valence-corrected chi connectivity index (χ2v) is 8.83. The molecule has 8 nitrogen and oxygen atoms in total. The number of nitrogens with one attached hydrogen (secondary N) is 4. The molecule has 0 saturated heterocycles. The van der Waals surface area contributed by atoms with Crippen LogP contribution in [0.2, 0.25) is 5.02 Å². The molecular formula is C27H31ClFN5O3. The van der Waals surface area contributed by atoms with Crippen molar-refractivity contribution in [2.45, 2.75) is 32.1 Å². The van der Waals surface area contributed by atoms with Crippen molar-refractivity contribution in [3.8, 4) is 5.75 Å². The van der Waals surface area contributed by atoms with Crippen LogP contribution >= 0.6 is 11.6 Å². The van der Waals surface area contributed by atoms with Crippen LogP contribution in [0.15, 0.2) is 78.3 Å². The van der Waals surface area contributed by atoms with Crippen LogP contribution in [0.3, 0.4) is 0 Å². The number of ether oxygens (including phenoxy) is 1. The number of hydrogen-bond acceptors (Lipinski definition) is 6. The third-order valence-electron chi connectivity index (χ3n) is 5.47. The Bertz CT molecular complexity index is 1200. The first-order valence-corrected chi connectivity index (χ1v) is 12.3. The van der Waals surface area contributed by atoms with Crippen molar-refractivity contribution in [3.05, 3.63) is 94.7 Å². The maximum atomic E-state index is 13.4. The molecule has 37 heavy (non-hydrogen) atoms. The van der Waals surface area contributed by atoms with Gasteiger partial charge >= 0.3 is 0 Å². The van der Waals surface area contributed by atoms with Gasteiger partial charge in [-0.05, 0) is 43.5 Å². The van der Waals surface area contributed by atoms with Gasteiger partial charge in [-0.2, -0.15) is 0 Å². The van der Waals surface area contributed by atoms with Crippen LogP contribution in [0.4, 0.5) is 10.1 Å². The summed E-state index contributed by atoms with van der Waals surface area (Å²) in [5.74, 6) is -1.15. The van der Waals surface area contributed by atoms with Gasteiger partial charge < -0.3 is 32.0 Å². The molecule has 0 spiro atoms. The SMILES string of the molecule is C=C(CCNC(=O)COc1ccc(Cl)c(F)c1)NC(=O)c1ccccc1NN/C1=C/C/C(N)=C/CCC1. The van der Waals surface area contributed by atoms with Crippen LogP contribution in [0.1, 0.15) is 42.5 Å².